The fraction of sp³-hybridized carbons (Fsp3) is 0.463. The van der Waals surface area contributed by atoms with Crippen LogP contribution in [-0.2, 0) is 45.1 Å². The van der Waals surface area contributed by atoms with Gasteiger partial charge in [0.1, 0.15) is 0 Å². The summed E-state index contributed by atoms with van der Waals surface area (Å²) in [6.45, 7) is 27.9. The number of anilines is 2. The lowest BCUT2D eigenvalue weighted by Crippen LogP contribution is -2.40. The summed E-state index contributed by atoms with van der Waals surface area (Å²) in [6.07, 6.45) is 3.86. The highest BCUT2D eigenvalue weighted by Crippen LogP contribution is 2.36. The van der Waals surface area contributed by atoms with Crippen LogP contribution in [0.25, 0.3) is 22.3 Å². The Hall–Kier alpha value is -6.67. The van der Waals surface area contributed by atoms with E-state index in [2.05, 4.69) is 109 Å². The zero-order chi connectivity index (χ0) is 59.7. The molecule has 4 saturated heterocycles. The number of carboxylic acids is 1. The van der Waals surface area contributed by atoms with E-state index in [1.807, 2.05) is 58.9 Å². The Bertz CT molecular complexity index is 3250. The van der Waals surface area contributed by atoms with Crippen LogP contribution in [-0.4, -0.2) is 141 Å². The summed E-state index contributed by atoms with van der Waals surface area (Å²) >= 11 is 0. The maximum absolute atomic E-state index is 13.7. The van der Waals surface area contributed by atoms with Crippen molar-refractivity contribution >= 4 is 23.3 Å². The van der Waals surface area contributed by atoms with E-state index in [9.17, 15) is 24.3 Å². The molecule has 6 heterocycles. The number of H-pyrrole nitrogens is 2. The minimum absolute atomic E-state index is 0. The van der Waals surface area contributed by atoms with E-state index in [1.165, 1.54) is 11.1 Å². The number of benzene rings is 4. The third-order valence-corrected chi connectivity index (χ3v) is 16.7. The molecule has 17 nitrogen and oxygen atoms in total. The lowest BCUT2D eigenvalue weighted by molar-refractivity contribution is -0.0000468. The monoisotopic (exact) mass is 1190 g/mol. The molecule has 1 amide bonds. The highest BCUT2D eigenvalue weighted by atomic mass is 35.5. The highest BCUT2D eigenvalue weighted by molar-refractivity contribution is 5.99. The van der Waals surface area contributed by atoms with Crippen LogP contribution < -0.4 is 32.0 Å². The summed E-state index contributed by atoms with van der Waals surface area (Å²) in [7, 11) is 0. The first-order valence-electron chi connectivity index (χ1n) is 30.0. The number of halogens is 1. The number of rotatable bonds is 17. The maximum atomic E-state index is 13.7. The zero-order valence-electron chi connectivity index (χ0n) is 50.9. The second-order valence-corrected chi connectivity index (χ2v) is 22.4. The van der Waals surface area contributed by atoms with Crippen LogP contribution in [0.2, 0.25) is 0 Å². The van der Waals surface area contributed by atoms with Crippen LogP contribution in [0.15, 0.2) is 101 Å². The summed E-state index contributed by atoms with van der Waals surface area (Å²) in [5.74, 6) is -1.06. The number of nitrogens with zero attached hydrogens (tertiary/aromatic N) is 4. The van der Waals surface area contributed by atoms with Gasteiger partial charge in [0.25, 0.3) is 17.0 Å². The average Bonchev–Trinajstić information content (AvgIpc) is 2.47. The maximum Gasteiger partial charge on any atom is 0.336 e. The Balaban J connectivity index is 0.000000212. The normalized spacial score (nSPS) is 16.0. The Morgan fingerprint density at radius 1 is 0.576 bits per heavy atom. The standard InChI is InChI=1S/C34H44N4O4.C26H34N2O4.C7H10N2O.ClH2/c1-5-38(29-10-14-41-15-11-29)32-20-28(27-8-6-26(7-9-27)22-37-12-16-42-17-13-37)19-30(25(32)4)33(39)35-21-31-23(2)18-24(3)36-34(31)40;1-3-28(23-8-12-31-13-9-23)25-17-22(16-24(19(25)2)26(29)30)21-6-4-20(5-7-21)18-27-10-14-32-15-11-27;1-5-2-3-6(4-8)7(10)9-5;/h6-9,18-20,29H,5,10-17,21-22H2,1-4H3,(H,35,39)(H,36,40);4-7,16-17,23H,3,8-15,18H2,1-2H3,(H,29,30);2-3H,4,8H2,1H3,(H,9,10);1H2/q;;;+1. The minimum Gasteiger partial charge on any atom is -0.478 e. The number of hydrogen-bond acceptors (Lipinski definition) is 13. The van der Waals surface area contributed by atoms with Crippen molar-refractivity contribution in [2.75, 3.05) is 102 Å². The van der Waals surface area contributed by atoms with Gasteiger partial charge >= 0.3 is 5.97 Å². The number of nitrogens with one attached hydrogen (secondary N) is 3. The molecule has 6 aromatic rings. The molecule has 85 heavy (non-hydrogen) atoms. The SMILES string of the molecule is CCN(c1cc(-c2ccc(CN3CCOCC3)cc2)cc(C(=O)NCc2c(C)cc(C)[nH]c2=O)c1C)C1CCOCC1.CCN(c1cc(-c2ccc(CN3CCOCC3)cc2)cc(C(=O)O)c1C)C1CCOCC1.Cc1ccc(CN)c(=O)[nH]1.[ClH2+]. The van der Waals surface area contributed by atoms with Gasteiger partial charge in [-0.3, -0.25) is 24.2 Å². The van der Waals surface area contributed by atoms with Crippen molar-refractivity contribution in [2.45, 2.75) is 112 Å². The molecular formula is C67H90ClN8O9+. The van der Waals surface area contributed by atoms with Gasteiger partial charge in [0.05, 0.1) is 44.4 Å². The molecule has 0 saturated carbocycles. The molecule has 6 N–H and O–H groups in total. The smallest absolute Gasteiger partial charge is 0.336 e. The number of pyridine rings is 2. The van der Waals surface area contributed by atoms with Crippen LogP contribution in [0.5, 0.6) is 0 Å². The van der Waals surface area contributed by atoms with Gasteiger partial charge < -0.3 is 54.9 Å². The van der Waals surface area contributed by atoms with Gasteiger partial charge in [-0.25, -0.2) is 4.79 Å². The van der Waals surface area contributed by atoms with Crippen molar-refractivity contribution in [1.82, 2.24) is 25.1 Å². The van der Waals surface area contributed by atoms with Crippen LogP contribution in [0.1, 0.15) is 111 Å². The number of morpholine rings is 2. The molecule has 2 aromatic heterocycles. The van der Waals surface area contributed by atoms with Gasteiger partial charge in [0.2, 0.25) is 0 Å². The van der Waals surface area contributed by atoms with Gasteiger partial charge in [0, 0.05) is 143 Å². The van der Waals surface area contributed by atoms with Crippen LogP contribution in [0.4, 0.5) is 11.4 Å². The van der Waals surface area contributed by atoms with E-state index in [-0.39, 0.29) is 36.0 Å². The predicted octanol–water partition coefficient (Wildman–Crippen LogP) is 8.54. The number of aromatic nitrogens is 2. The number of amides is 1. The first kappa shape index (κ1) is 65.9. The average molecular weight is 1190 g/mol. The molecule has 18 heteroatoms. The van der Waals surface area contributed by atoms with E-state index in [4.69, 9.17) is 24.7 Å². The second kappa shape index (κ2) is 32.2. The molecule has 0 atom stereocenters. The highest BCUT2D eigenvalue weighted by Gasteiger charge is 2.27. The number of carboxylic acid groups (broad SMARTS) is 1. The predicted molar refractivity (Wildman–Crippen MR) is 336 cm³/mol. The number of aromatic amines is 2. The fourth-order valence-corrected chi connectivity index (χ4v) is 11.8. The van der Waals surface area contributed by atoms with Crippen molar-refractivity contribution in [3.63, 3.8) is 0 Å². The molecule has 0 unspecified atom stereocenters. The Kier molecular flexibility index (Phi) is 24.9. The number of carbonyl (C=O) groups is 2. The van der Waals surface area contributed by atoms with Gasteiger partial charge in [-0.2, -0.15) is 0 Å². The van der Waals surface area contributed by atoms with Crippen molar-refractivity contribution in [1.29, 1.82) is 0 Å². The Morgan fingerprint density at radius 2 is 1.01 bits per heavy atom. The van der Waals surface area contributed by atoms with E-state index in [0.717, 1.165) is 193 Å². The molecule has 0 aliphatic carbocycles. The summed E-state index contributed by atoms with van der Waals surface area (Å²) in [4.78, 5) is 64.5. The first-order valence-corrected chi connectivity index (χ1v) is 30.0. The number of ether oxygens (including phenoxy) is 4. The fourth-order valence-electron chi connectivity index (χ4n) is 11.8. The lowest BCUT2D eigenvalue weighted by atomic mass is 9.94. The van der Waals surface area contributed by atoms with Gasteiger partial charge in [0.15, 0.2) is 0 Å². The summed E-state index contributed by atoms with van der Waals surface area (Å²) in [5.41, 5.74) is 20.3. The number of carbonyl (C=O) groups excluding carboxylic acids is 1. The van der Waals surface area contributed by atoms with Crippen molar-refractivity contribution in [3.05, 3.63) is 173 Å². The Morgan fingerprint density at radius 3 is 1.44 bits per heavy atom. The summed E-state index contributed by atoms with van der Waals surface area (Å²) in [5, 5.41) is 12.9. The van der Waals surface area contributed by atoms with Crippen LogP contribution >= 0.6 is 0 Å². The molecule has 4 aromatic carbocycles. The molecule has 458 valence electrons. The number of nitrogens with two attached hydrogens (primary N) is 1. The first-order chi connectivity index (χ1) is 40.6. The van der Waals surface area contributed by atoms with Gasteiger partial charge in [-0.05, 0) is 161 Å². The van der Waals surface area contributed by atoms with E-state index in [1.54, 1.807) is 6.07 Å². The molecule has 4 aliphatic rings. The van der Waals surface area contributed by atoms with Crippen molar-refractivity contribution in [3.8, 4) is 22.3 Å². The number of aromatic carboxylic acids is 1. The molecule has 10 rings (SSSR count). The molecule has 4 aliphatic heterocycles. The van der Waals surface area contributed by atoms with E-state index >= 15 is 0 Å². The zero-order valence-corrected chi connectivity index (χ0v) is 51.8. The number of aryl methyl sites for hydroxylation is 3. The Labute approximate surface area is 507 Å². The number of hydrogen-bond donors (Lipinski definition) is 5. The van der Waals surface area contributed by atoms with Crippen LogP contribution in [0.3, 0.4) is 0 Å². The molecule has 0 spiro atoms. The van der Waals surface area contributed by atoms with Crippen molar-refractivity contribution in [2.24, 2.45) is 5.73 Å². The summed E-state index contributed by atoms with van der Waals surface area (Å²) < 4.78 is 22.1. The largest absolute Gasteiger partial charge is 0.478 e. The third kappa shape index (κ3) is 17.7. The van der Waals surface area contributed by atoms with Gasteiger partial charge in [-0.1, -0.05) is 54.6 Å². The van der Waals surface area contributed by atoms with Gasteiger partial charge in [-0.15, -0.1) is 0 Å². The molecular weight excluding hydrogens is 1100 g/mol. The third-order valence-electron chi connectivity index (χ3n) is 16.7. The van der Waals surface area contributed by atoms with Crippen LogP contribution in [0, 0.1) is 47.0 Å². The molecule has 0 bridgehead atoms. The molecule has 0 radical (unpaired) electrons. The van der Waals surface area contributed by atoms with E-state index < -0.39 is 5.97 Å². The lowest BCUT2D eigenvalue weighted by Gasteiger charge is -2.37. The quantitative estimate of drug-likeness (QED) is 0.0580. The van der Waals surface area contributed by atoms with E-state index in [0.29, 0.717) is 40.9 Å². The molecule has 4 fully saturated rings. The second-order valence-electron chi connectivity index (χ2n) is 22.4. The topological polar surface area (TPSA) is 208 Å². The minimum atomic E-state index is -0.877. The summed E-state index contributed by atoms with van der Waals surface area (Å²) in [6, 6.07) is 31.7. The van der Waals surface area contributed by atoms with Crippen molar-refractivity contribution < 1.29 is 46.1 Å².